The highest BCUT2D eigenvalue weighted by molar-refractivity contribution is 8.00. The van der Waals surface area contributed by atoms with Gasteiger partial charge in [0.05, 0.1) is 5.25 Å². The zero-order valence-corrected chi connectivity index (χ0v) is 10.5. The van der Waals surface area contributed by atoms with Crippen molar-refractivity contribution < 1.29 is 4.79 Å². The molecular weight excluding hydrogens is 204 g/mol. The second-order valence-electron chi connectivity index (χ2n) is 5.03. The lowest BCUT2D eigenvalue weighted by Gasteiger charge is -2.28. The minimum Gasteiger partial charge on any atom is -0.298 e. The van der Waals surface area contributed by atoms with Crippen LogP contribution in [0.15, 0.2) is 0 Å². The van der Waals surface area contributed by atoms with Crippen LogP contribution in [0.3, 0.4) is 0 Å². The molecule has 0 aromatic heterocycles. The molecule has 1 atom stereocenters. The number of carbonyl (C=O) groups is 1. The summed E-state index contributed by atoms with van der Waals surface area (Å²) in [4.78, 5) is 12.2. The van der Waals surface area contributed by atoms with Gasteiger partial charge >= 0.3 is 0 Å². The van der Waals surface area contributed by atoms with E-state index in [2.05, 4.69) is 6.92 Å². The van der Waals surface area contributed by atoms with E-state index in [1.807, 2.05) is 11.8 Å². The third-order valence-corrected chi connectivity index (χ3v) is 5.47. The van der Waals surface area contributed by atoms with Crippen molar-refractivity contribution in [3.05, 3.63) is 0 Å². The fourth-order valence-corrected chi connectivity index (χ4v) is 4.23. The van der Waals surface area contributed by atoms with Crippen LogP contribution >= 0.6 is 11.8 Å². The molecule has 2 heteroatoms. The summed E-state index contributed by atoms with van der Waals surface area (Å²) in [6, 6.07) is 0. The van der Waals surface area contributed by atoms with E-state index in [0.717, 1.165) is 12.3 Å². The van der Waals surface area contributed by atoms with Crippen molar-refractivity contribution >= 4 is 17.5 Å². The molecule has 1 nitrogen and oxygen atoms in total. The Morgan fingerprint density at radius 3 is 2.47 bits per heavy atom. The number of carbonyl (C=O) groups excluding carboxylic acids is 1. The Morgan fingerprint density at radius 1 is 1.20 bits per heavy atom. The van der Waals surface area contributed by atoms with Gasteiger partial charge in [-0.05, 0) is 50.2 Å². The van der Waals surface area contributed by atoms with Crippen LogP contribution in [0.4, 0.5) is 0 Å². The summed E-state index contributed by atoms with van der Waals surface area (Å²) in [5.74, 6) is 3.13. The van der Waals surface area contributed by atoms with E-state index in [9.17, 15) is 4.79 Å². The van der Waals surface area contributed by atoms with Crippen LogP contribution in [0, 0.1) is 11.8 Å². The summed E-state index contributed by atoms with van der Waals surface area (Å²) in [6.07, 6.45) is 8.65. The smallest absolute Gasteiger partial charge is 0.148 e. The first kappa shape index (κ1) is 11.5. The van der Waals surface area contributed by atoms with Gasteiger partial charge in [-0.2, -0.15) is 11.8 Å². The summed E-state index contributed by atoms with van der Waals surface area (Å²) >= 11 is 1.90. The van der Waals surface area contributed by atoms with Gasteiger partial charge in [0.2, 0.25) is 0 Å². The zero-order chi connectivity index (χ0) is 10.7. The van der Waals surface area contributed by atoms with Crippen LogP contribution < -0.4 is 0 Å². The van der Waals surface area contributed by atoms with E-state index in [0.29, 0.717) is 17.0 Å². The predicted octanol–water partition coefficient (Wildman–Crippen LogP) is 3.67. The predicted molar refractivity (Wildman–Crippen MR) is 66.2 cm³/mol. The van der Waals surface area contributed by atoms with E-state index in [4.69, 9.17) is 0 Å². The molecule has 0 spiro atoms. The van der Waals surface area contributed by atoms with Crippen molar-refractivity contribution in [2.45, 2.75) is 57.1 Å². The average molecular weight is 226 g/mol. The van der Waals surface area contributed by atoms with E-state index in [1.54, 1.807) is 0 Å². The van der Waals surface area contributed by atoms with Crippen LogP contribution in [-0.4, -0.2) is 16.8 Å². The first-order valence-electron chi connectivity index (χ1n) is 6.46. The average Bonchev–Trinajstić information content (AvgIpc) is 2.82. The maximum Gasteiger partial charge on any atom is 0.148 e. The van der Waals surface area contributed by atoms with Crippen LogP contribution in [0.25, 0.3) is 0 Å². The van der Waals surface area contributed by atoms with E-state index in [1.165, 1.54) is 44.3 Å². The van der Waals surface area contributed by atoms with Gasteiger partial charge < -0.3 is 0 Å². The molecule has 2 fully saturated rings. The molecule has 1 unspecified atom stereocenters. The van der Waals surface area contributed by atoms with Crippen LogP contribution in [0.2, 0.25) is 0 Å². The molecule has 0 amide bonds. The molecule has 0 radical (unpaired) electrons. The minimum atomic E-state index is 0.369. The molecule has 1 saturated heterocycles. The molecular formula is C13H22OS. The molecule has 0 N–H and O–H groups in total. The van der Waals surface area contributed by atoms with Gasteiger partial charge in [0, 0.05) is 5.92 Å². The molecule has 0 aromatic carbocycles. The van der Waals surface area contributed by atoms with Crippen molar-refractivity contribution in [1.29, 1.82) is 0 Å². The van der Waals surface area contributed by atoms with E-state index in [-0.39, 0.29) is 0 Å². The summed E-state index contributed by atoms with van der Waals surface area (Å²) in [6.45, 7) is 2.28. The Labute approximate surface area is 97.4 Å². The van der Waals surface area contributed by atoms with Gasteiger partial charge in [-0.15, -0.1) is 0 Å². The minimum absolute atomic E-state index is 0.369. The van der Waals surface area contributed by atoms with Crippen LogP contribution in [0.1, 0.15) is 51.9 Å². The molecule has 1 aliphatic heterocycles. The monoisotopic (exact) mass is 226 g/mol. The van der Waals surface area contributed by atoms with Crippen molar-refractivity contribution in [2.24, 2.45) is 11.8 Å². The quantitative estimate of drug-likeness (QED) is 0.730. The fraction of sp³-hybridized carbons (Fsp3) is 0.923. The fourth-order valence-electron chi connectivity index (χ4n) is 2.92. The topological polar surface area (TPSA) is 17.1 Å². The number of hydrogen-bond donors (Lipinski definition) is 0. The van der Waals surface area contributed by atoms with Gasteiger partial charge in [-0.3, -0.25) is 4.79 Å². The molecule has 15 heavy (non-hydrogen) atoms. The highest BCUT2D eigenvalue weighted by atomic mass is 32.2. The van der Waals surface area contributed by atoms with Gasteiger partial charge in [0.25, 0.3) is 0 Å². The lowest BCUT2D eigenvalue weighted by molar-refractivity contribution is -0.123. The Kier molecular flexibility index (Phi) is 4.13. The SMILES string of the molecule is CCC1CCC(C(=O)C2CCCS2)CC1. The molecule has 86 valence electrons. The summed E-state index contributed by atoms with van der Waals surface area (Å²) < 4.78 is 0. The summed E-state index contributed by atoms with van der Waals surface area (Å²) in [5, 5.41) is 0.369. The second-order valence-corrected chi connectivity index (χ2v) is 6.34. The highest BCUT2D eigenvalue weighted by Gasteiger charge is 2.32. The van der Waals surface area contributed by atoms with Crippen LogP contribution in [-0.2, 0) is 4.79 Å². The third kappa shape index (κ3) is 2.77. The standard InChI is InChI=1S/C13H22OS/c1-2-10-5-7-11(8-6-10)13(14)12-4-3-9-15-12/h10-12H,2-9H2,1H3. The second kappa shape index (κ2) is 5.38. The number of hydrogen-bond acceptors (Lipinski definition) is 2. The van der Waals surface area contributed by atoms with Crippen LogP contribution in [0.5, 0.6) is 0 Å². The molecule has 2 aliphatic rings. The number of ketones is 1. The maximum atomic E-state index is 12.2. The lowest BCUT2D eigenvalue weighted by atomic mass is 9.78. The molecule has 1 heterocycles. The number of rotatable bonds is 3. The lowest BCUT2D eigenvalue weighted by Crippen LogP contribution is -2.28. The first-order valence-corrected chi connectivity index (χ1v) is 7.51. The summed E-state index contributed by atoms with van der Waals surface area (Å²) in [5.41, 5.74) is 0. The number of Topliss-reactive ketones (excluding diaryl/α,β-unsaturated/α-hetero) is 1. The first-order chi connectivity index (χ1) is 7.31. The van der Waals surface area contributed by atoms with Gasteiger partial charge in [-0.25, -0.2) is 0 Å². The van der Waals surface area contributed by atoms with Crippen molar-refractivity contribution in [2.75, 3.05) is 5.75 Å². The molecule has 1 aliphatic carbocycles. The van der Waals surface area contributed by atoms with Gasteiger partial charge in [0.1, 0.15) is 5.78 Å². The van der Waals surface area contributed by atoms with Gasteiger partial charge in [-0.1, -0.05) is 13.3 Å². The van der Waals surface area contributed by atoms with E-state index >= 15 is 0 Å². The Balaban J connectivity index is 1.81. The van der Waals surface area contributed by atoms with Crippen molar-refractivity contribution in [3.8, 4) is 0 Å². The Hall–Kier alpha value is 0.0200. The molecule has 2 rings (SSSR count). The molecule has 0 bridgehead atoms. The number of thioether (sulfide) groups is 1. The highest BCUT2D eigenvalue weighted by Crippen LogP contribution is 2.36. The van der Waals surface area contributed by atoms with Crippen molar-refractivity contribution in [1.82, 2.24) is 0 Å². The molecule has 0 aromatic rings. The zero-order valence-electron chi connectivity index (χ0n) is 9.71. The Morgan fingerprint density at radius 2 is 1.93 bits per heavy atom. The normalized spacial score (nSPS) is 36.7. The molecule has 1 saturated carbocycles. The maximum absolute atomic E-state index is 12.2. The Bertz CT molecular complexity index is 213. The summed E-state index contributed by atoms with van der Waals surface area (Å²) in [7, 11) is 0. The van der Waals surface area contributed by atoms with E-state index < -0.39 is 0 Å². The van der Waals surface area contributed by atoms with Gasteiger partial charge in [0.15, 0.2) is 0 Å². The van der Waals surface area contributed by atoms with Crippen molar-refractivity contribution in [3.63, 3.8) is 0 Å². The largest absolute Gasteiger partial charge is 0.298 e. The third-order valence-electron chi connectivity index (χ3n) is 4.07.